The molecule has 6 heteroatoms. The Morgan fingerprint density at radius 3 is 2.35 bits per heavy atom. The standard InChI is InChI=1S/C25H39N3O3/c1-2-3-4-5-6-7-8-9-10-21-11-13-22(14-12-21)25-26-24(31-27-25)19-23(29)20-28-15-17-30-18-16-28/h11-14,23,29H,2-10,15-20H2,1H3. The van der Waals surface area contributed by atoms with E-state index in [-0.39, 0.29) is 0 Å². The zero-order valence-corrected chi connectivity index (χ0v) is 19.1. The number of rotatable bonds is 14. The third-order valence-electron chi connectivity index (χ3n) is 5.98. The zero-order chi connectivity index (χ0) is 21.7. The summed E-state index contributed by atoms with van der Waals surface area (Å²) in [6.45, 7) is 6.05. The van der Waals surface area contributed by atoms with Crippen molar-refractivity contribution in [3.8, 4) is 11.4 Å². The predicted octanol–water partition coefficient (Wildman–Crippen LogP) is 4.66. The molecule has 1 aliphatic rings. The van der Waals surface area contributed by atoms with Crippen LogP contribution in [0.4, 0.5) is 0 Å². The minimum absolute atomic E-state index is 0.376. The highest BCUT2D eigenvalue weighted by atomic mass is 16.5. The number of morpholine rings is 1. The molecular formula is C25H39N3O3. The van der Waals surface area contributed by atoms with Crippen molar-refractivity contribution in [2.45, 2.75) is 77.2 Å². The maximum absolute atomic E-state index is 10.3. The van der Waals surface area contributed by atoms with Gasteiger partial charge in [-0.2, -0.15) is 4.98 Å². The summed E-state index contributed by atoms with van der Waals surface area (Å²) in [6.07, 6.45) is 11.8. The van der Waals surface area contributed by atoms with Gasteiger partial charge in [0.05, 0.1) is 25.7 Å². The lowest BCUT2D eigenvalue weighted by atomic mass is 10.0. The minimum atomic E-state index is -0.513. The number of hydrogen-bond donors (Lipinski definition) is 1. The van der Waals surface area contributed by atoms with Gasteiger partial charge in [0.15, 0.2) is 0 Å². The average molecular weight is 430 g/mol. The molecule has 2 aromatic rings. The van der Waals surface area contributed by atoms with Gasteiger partial charge in [0.1, 0.15) is 0 Å². The lowest BCUT2D eigenvalue weighted by Crippen LogP contribution is -2.41. The van der Waals surface area contributed by atoms with Gasteiger partial charge < -0.3 is 14.4 Å². The summed E-state index contributed by atoms with van der Waals surface area (Å²) in [5.74, 6) is 1.07. The van der Waals surface area contributed by atoms with Crippen molar-refractivity contribution in [3.05, 3.63) is 35.7 Å². The Bertz CT molecular complexity index is 726. The van der Waals surface area contributed by atoms with Crippen LogP contribution in [0.3, 0.4) is 0 Å². The Kier molecular flexibility index (Phi) is 10.5. The molecule has 1 unspecified atom stereocenters. The molecule has 0 radical (unpaired) electrons. The number of β-amino-alcohol motifs (C(OH)–C–C–N with tert-alkyl or cyclic N) is 1. The molecular weight excluding hydrogens is 390 g/mol. The van der Waals surface area contributed by atoms with Crippen molar-refractivity contribution < 1.29 is 14.4 Å². The average Bonchev–Trinajstić information content (AvgIpc) is 3.25. The normalized spacial score (nSPS) is 15.9. The molecule has 0 amide bonds. The van der Waals surface area contributed by atoms with Crippen molar-refractivity contribution in [2.75, 3.05) is 32.8 Å². The van der Waals surface area contributed by atoms with E-state index in [1.54, 1.807) is 0 Å². The fraction of sp³-hybridized carbons (Fsp3) is 0.680. The van der Waals surface area contributed by atoms with Crippen LogP contribution in [-0.2, 0) is 17.6 Å². The number of hydrogen-bond acceptors (Lipinski definition) is 6. The quantitative estimate of drug-likeness (QED) is 0.441. The Labute approximate surface area is 187 Å². The number of aromatic nitrogens is 2. The van der Waals surface area contributed by atoms with Crippen molar-refractivity contribution in [3.63, 3.8) is 0 Å². The van der Waals surface area contributed by atoms with Gasteiger partial charge in [-0.25, -0.2) is 0 Å². The molecule has 3 rings (SSSR count). The summed E-state index contributed by atoms with van der Waals surface area (Å²) < 4.78 is 10.7. The van der Waals surface area contributed by atoms with E-state index in [1.807, 2.05) is 0 Å². The third kappa shape index (κ3) is 8.71. The monoisotopic (exact) mass is 429 g/mol. The van der Waals surface area contributed by atoms with Crippen molar-refractivity contribution in [1.82, 2.24) is 15.0 Å². The first kappa shape index (κ1) is 23.9. The van der Waals surface area contributed by atoms with Gasteiger partial charge in [0.2, 0.25) is 11.7 Å². The molecule has 1 aromatic carbocycles. The van der Waals surface area contributed by atoms with E-state index in [1.165, 1.54) is 56.9 Å². The molecule has 0 aliphatic carbocycles. The first-order chi connectivity index (χ1) is 15.2. The number of unbranched alkanes of at least 4 members (excludes halogenated alkanes) is 7. The molecule has 1 fully saturated rings. The Balaban J connectivity index is 1.37. The highest BCUT2D eigenvalue weighted by molar-refractivity contribution is 5.54. The molecule has 172 valence electrons. The van der Waals surface area contributed by atoms with Crippen molar-refractivity contribution in [1.29, 1.82) is 0 Å². The molecule has 0 spiro atoms. The Morgan fingerprint density at radius 1 is 0.968 bits per heavy atom. The van der Waals surface area contributed by atoms with Gasteiger partial charge in [0, 0.05) is 25.2 Å². The number of nitrogens with zero attached hydrogens (tertiary/aromatic N) is 3. The molecule has 1 N–H and O–H groups in total. The summed E-state index contributed by atoms with van der Waals surface area (Å²) in [5, 5.41) is 14.4. The number of aryl methyl sites for hydroxylation is 1. The topological polar surface area (TPSA) is 71.6 Å². The summed E-state index contributed by atoms with van der Waals surface area (Å²) in [5.41, 5.74) is 2.32. The molecule has 1 aromatic heterocycles. The largest absolute Gasteiger partial charge is 0.391 e. The molecule has 0 bridgehead atoms. The van der Waals surface area contributed by atoms with E-state index in [2.05, 4.69) is 46.2 Å². The van der Waals surface area contributed by atoms with Crippen LogP contribution >= 0.6 is 0 Å². The fourth-order valence-corrected chi connectivity index (χ4v) is 4.09. The Morgan fingerprint density at radius 2 is 1.65 bits per heavy atom. The number of aliphatic hydroxyl groups excluding tert-OH is 1. The van der Waals surface area contributed by atoms with Gasteiger partial charge in [0.25, 0.3) is 0 Å². The molecule has 6 nitrogen and oxygen atoms in total. The lowest BCUT2D eigenvalue weighted by molar-refractivity contribution is 0.0136. The van der Waals surface area contributed by atoms with Crippen LogP contribution in [-0.4, -0.2) is 59.1 Å². The van der Waals surface area contributed by atoms with E-state index in [4.69, 9.17) is 9.26 Å². The van der Waals surface area contributed by atoms with Gasteiger partial charge in [-0.05, 0) is 18.4 Å². The summed E-state index contributed by atoms with van der Waals surface area (Å²) in [4.78, 5) is 6.68. The maximum Gasteiger partial charge on any atom is 0.229 e. The van der Waals surface area contributed by atoms with E-state index in [0.29, 0.717) is 24.7 Å². The molecule has 2 heterocycles. The molecule has 31 heavy (non-hydrogen) atoms. The van der Waals surface area contributed by atoms with E-state index >= 15 is 0 Å². The highest BCUT2D eigenvalue weighted by Crippen LogP contribution is 2.19. The smallest absolute Gasteiger partial charge is 0.229 e. The summed E-state index contributed by atoms with van der Waals surface area (Å²) >= 11 is 0. The minimum Gasteiger partial charge on any atom is -0.391 e. The van der Waals surface area contributed by atoms with Gasteiger partial charge in [-0.1, -0.05) is 81.3 Å². The van der Waals surface area contributed by atoms with Gasteiger partial charge >= 0.3 is 0 Å². The predicted molar refractivity (Wildman–Crippen MR) is 123 cm³/mol. The Hall–Kier alpha value is -1.76. The van der Waals surface area contributed by atoms with Crippen LogP contribution in [0.25, 0.3) is 11.4 Å². The van der Waals surface area contributed by atoms with Crippen LogP contribution in [0.1, 0.15) is 69.7 Å². The second kappa shape index (κ2) is 13.6. The molecule has 1 saturated heterocycles. The molecule has 0 saturated carbocycles. The second-order valence-corrected chi connectivity index (χ2v) is 8.70. The maximum atomic E-state index is 10.3. The van der Waals surface area contributed by atoms with Crippen LogP contribution in [0, 0.1) is 0 Å². The summed E-state index contributed by atoms with van der Waals surface area (Å²) in [7, 11) is 0. The molecule has 1 aliphatic heterocycles. The van der Waals surface area contributed by atoms with Crippen molar-refractivity contribution in [2.24, 2.45) is 0 Å². The first-order valence-corrected chi connectivity index (χ1v) is 12.1. The van der Waals surface area contributed by atoms with Crippen molar-refractivity contribution >= 4 is 0 Å². The van der Waals surface area contributed by atoms with Gasteiger partial charge in [-0.3, -0.25) is 4.90 Å². The first-order valence-electron chi connectivity index (χ1n) is 12.1. The fourth-order valence-electron chi connectivity index (χ4n) is 4.09. The SMILES string of the molecule is CCCCCCCCCCc1ccc(-c2noc(CC(O)CN3CCOCC3)n2)cc1. The highest BCUT2D eigenvalue weighted by Gasteiger charge is 2.18. The van der Waals surface area contributed by atoms with E-state index in [9.17, 15) is 5.11 Å². The van der Waals surface area contributed by atoms with Gasteiger partial charge in [-0.15, -0.1) is 0 Å². The number of ether oxygens (including phenoxy) is 1. The molecule has 1 atom stereocenters. The van der Waals surface area contributed by atoms with Crippen LogP contribution in [0.2, 0.25) is 0 Å². The van der Waals surface area contributed by atoms with E-state index in [0.717, 1.165) is 38.3 Å². The zero-order valence-electron chi connectivity index (χ0n) is 19.1. The number of benzene rings is 1. The van der Waals surface area contributed by atoms with E-state index < -0.39 is 6.10 Å². The second-order valence-electron chi connectivity index (χ2n) is 8.70. The van der Waals surface area contributed by atoms with Crippen LogP contribution in [0.15, 0.2) is 28.8 Å². The number of aliphatic hydroxyl groups is 1. The van der Waals surface area contributed by atoms with Crippen LogP contribution < -0.4 is 0 Å². The lowest BCUT2D eigenvalue weighted by Gasteiger charge is -2.28. The summed E-state index contributed by atoms with van der Waals surface area (Å²) in [6, 6.07) is 8.47. The van der Waals surface area contributed by atoms with Crippen LogP contribution in [0.5, 0.6) is 0 Å². The third-order valence-corrected chi connectivity index (χ3v) is 5.98.